The van der Waals surface area contributed by atoms with E-state index in [-0.39, 0.29) is 11.6 Å². The third-order valence-electron chi connectivity index (χ3n) is 4.56. The van der Waals surface area contributed by atoms with Crippen molar-refractivity contribution in [3.63, 3.8) is 0 Å². The number of rotatable bonds is 4. The van der Waals surface area contributed by atoms with Crippen LogP contribution in [-0.4, -0.2) is 29.5 Å². The minimum Gasteiger partial charge on any atom is -0.285 e. The summed E-state index contributed by atoms with van der Waals surface area (Å²) in [4.78, 5) is 32.4. The van der Waals surface area contributed by atoms with Crippen LogP contribution >= 0.6 is 22.7 Å². The van der Waals surface area contributed by atoms with Gasteiger partial charge in [-0.3, -0.25) is 19.8 Å². The number of hydrogen-bond donors (Lipinski definition) is 2. The Morgan fingerprint density at radius 1 is 0.758 bits per heavy atom. The molecule has 176 valence electrons. The van der Waals surface area contributed by atoms with Gasteiger partial charge in [-0.05, 0) is 13.8 Å². The number of hydrogen-bond acceptors (Lipinski definition) is 6. The number of alkyl halides is 6. The van der Waals surface area contributed by atoms with Gasteiger partial charge in [0.1, 0.15) is 21.4 Å². The number of halogens is 6. The monoisotopic (exact) mass is 510 g/mol. The summed E-state index contributed by atoms with van der Waals surface area (Å²) in [6, 6.07) is 0.834. The van der Waals surface area contributed by atoms with Crippen molar-refractivity contribution in [3.8, 4) is 11.6 Å². The SMILES string of the molecule is CC(C)(c1nc(-n2[nH]c(C(F)(F)F)cc2=O)cs1)c1nc(-n2[nH]c(C(F)(F)F)cc2=O)cs1. The van der Waals surface area contributed by atoms with Gasteiger partial charge in [-0.15, -0.1) is 22.7 Å². The van der Waals surface area contributed by atoms with Gasteiger partial charge in [-0.2, -0.15) is 26.3 Å². The first-order valence-electron chi connectivity index (χ1n) is 8.89. The van der Waals surface area contributed by atoms with Crippen molar-refractivity contribution in [3.05, 3.63) is 65.0 Å². The van der Waals surface area contributed by atoms with Crippen molar-refractivity contribution in [1.29, 1.82) is 0 Å². The summed E-state index contributed by atoms with van der Waals surface area (Å²) in [5.41, 5.74) is -5.26. The van der Waals surface area contributed by atoms with Gasteiger partial charge < -0.3 is 0 Å². The van der Waals surface area contributed by atoms with Crippen molar-refractivity contribution in [1.82, 2.24) is 29.5 Å². The lowest BCUT2D eigenvalue weighted by Gasteiger charge is -2.18. The van der Waals surface area contributed by atoms with Crippen molar-refractivity contribution >= 4 is 22.7 Å². The molecule has 16 heteroatoms. The van der Waals surface area contributed by atoms with E-state index in [0.29, 0.717) is 31.5 Å². The Morgan fingerprint density at radius 2 is 1.12 bits per heavy atom. The summed E-state index contributed by atoms with van der Waals surface area (Å²) in [6.45, 7) is 3.38. The Kier molecular flexibility index (Phi) is 5.19. The second-order valence-corrected chi connectivity index (χ2v) is 9.05. The minimum atomic E-state index is -4.73. The van der Waals surface area contributed by atoms with Crippen LogP contribution in [0.15, 0.2) is 32.5 Å². The number of nitrogens with zero attached hydrogens (tertiary/aromatic N) is 4. The quantitative estimate of drug-likeness (QED) is 0.407. The third kappa shape index (κ3) is 4.15. The molecule has 0 atom stereocenters. The average Bonchev–Trinajstić information content (AvgIpc) is 3.45. The molecular formula is C17H12F6N6O2S2. The van der Waals surface area contributed by atoms with E-state index < -0.39 is 40.3 Å². The maximum absolute atomic E-state index is 12.9. The highest BCUT2D eigenvalue weighted by Gasteiger charge is 2.36. The molecule has 0 aliphatic heterocycles. The molecule has 0 spiro atoms. The van der Waals surface area contributed by atoms with Gasteiger partial charge in [0.2, 0.25) is 0 Å². The predicted molar refractivity (Wildman–Crippen MR) is 106 cm³/mol. The van der Waals surface area contributed by atoms with E-state index in [1.165, 1.54) is 10.8 Å². The molecule has 4 aromatic rings. The summed E-state index contributed by atoms with van der Waals surface area (Å²) >= 11 is 2.11. The van der Waals surface area contributed by atoms with Crippen LogP contribution in [0.4, 0.5) is 26.3 Å². The molecule has 0 radical (unpaired) electrons. The predicted octanol–water partition coefficient (Wildman–Crippen LogP) is 3.92. The number of thiazole rings is 2. The topological polar surface area (TPSA) is 101 Å². The van der Waals surface area contributed by atoms with Gasteiger partial charge >= 0.3 is 12.4 Å². The van der Waals surface area contributed by atoms with Gasteiger partial charge in [-0.1, -0.05) is 0 Å². The fraction of sp³-hybridized carbons (Fsp3) is 0.294. The fourth-order valence-corrected chi connectivity index (χ4v) is 4.71. The first-order valence-corrected chi connectivity index (χ1v) is 10.6. The van der Waals surface area contributed by atoms with Crippen LogP contribution in [-0.2, 0) is 17.8 Å². The van der Waals surface area contributed by atoms with E-state index in [2.05, 4.69) is 9.97 Å². The Morgan fingerprint density at radius 3 is 1.42 bits per heavy atom. The van der Waals surface area contributed by atoms with Gasteiger partial charge in [0, 0.05) is 22.9 Å². The summed E-state index contributed by atoms with van der Waals surface area (Å²) in [7, 11) is 0. The first kappa shape index (κ1) is 23.0. The zero-order chi connectivity index (χ0) is 24.3. The third-order valence-corrected chi connectivity index (χ3v) is 6.87. The smallest absolute Gasteiger partial charge is 0.285 e. The van der Waals surface area contributed by atoms with Gasteiger partial charge in [0.05, 0.1) is 5.41 Å². The average molecular weight is 510 g/mol. The van der Waals surface area contributed by atoms with Crippen LogP contribution < -0.4 is 11.1 Å². The van der Waals surface area contributed by atoms with Crippen LogP contribution in [0.1, 0.15) is 35.3 Å². The molecule has 0 aliphatic carbocycles. The largest absolute Gasteiger partial charge is 0.432 e. The molecule has 0 unspecified atom stereocenters. The highest BCUT2D eigenvalue weighted by Crippen LogP contribution is 2.36. The van der Waals surface area contributed by atoms with E-state index in [4.69, 9.17) is 0 Å². The minimum absolute atomic E-state index is 0.0595. The van der Waals surface area contributed by atoms with E-state index in [9.17, 15) is 35.9 Å². The zero-order valence-electron chi connectivity index (χ0n) is 16.5. The highest BCUT2D eigenvalue weighted by atomic mass is 32.1. The summed E-state index contributed by atoms with van der Waals surface area (Å²) in [6.07, 6.45) is -9.47. The molecule has 0 saturated heterocycles. The maximum atomic E-state index is 12.9. The molecule has 4 rings (SSSR count). The molecule has 33 heavy (non-hydrogen) atoms. The Hall–Kier alpha value is -3.14. The van der Waals surface area contributed by atoms with Crippen LogP contribution in [0, 0.1) is 0 Å². The van der Waals surface area contributed by atoms with E-state index in [1.54, 1.807) is 13.8 Å². The number of nitrogens with one attached hydrogen (secondary N) is 2. The first-order chi connectivity index (χ1) is 15.2. The van der Waals surface area contributed by atoms with Gasteiger partial charge in [0.25, 0.3) is 11.1 Å². The summed E-state index contributed by atoms with van der Waals surface area (Å²) in [5, 5.41) is 7.45. The Bertz CT molecular complexity index is 1320. The molecule has 0 aliphatic rings. The molecule has 2 N–H and O–H groups in total. The highest BCUT2D eigenvalue weighted by molar-refractivity contribution is 7.11. The Balaban J connectivity index is 1.67. The molecule has 4 aromatic heterocycles. The second kappa shape index (κ2) is 7.44. The lowest BCUT2D eigenvalue weighted by Crippen LogP contribution is -2.20. The summed E-state index contributed by atoms with van der Waals surface area (Å²) < 4.78 is 78.4. The lowest BCUT2D eigenvalue weighted by molar-refractivity contribution is -0.142. The number of aromatic amines is 2. The molecule has 0 saturated carbocycles. The number of H-pyrrole nitrogens is 2. The lowest BCUT2D eigenvalue weighted by atomic mass is 9.96. The normalized spacial score (nSPS) is 13.1. The van der Waals surface area contributed by atoms with Gasteiger partial charge in [-0.25, -0.2) is 19.3 Å². The van der Waals surface area contributed by atoms with Crippen LogP contribution in [0.3, 0.4) is 0 Å². The fourth-order valence-electron chi connectivity index (χ4n) is 2.82. The van der Waals surface area contributed by atoms with E-state index in [0.717, 1.165) is 22.7 Å². The second-order valence-electron chi connectivity index (χ2n) is 7.33. The van der Waals surface area contributed by atoms with Crippen molar-refractivity contribution in [2.75, 3.05) is 0 Å². The molecule has 0 bridgehead atoms. The molecule has 4 heterocycles. The van der Waals surface area contributed by atoms with Crippen LogP contribution in [0.2, 0.25) is 0 Å². The summed E-state index contributed by atoms with van der Waals surface area (Å²) in [5.74, 6) is -0.119. The van der Waals surface area contributed by atoms with Crippen molar-refractivity contribution in [2.24, 2.45) is 0 Å². The van der Waals surface area contributed by atoms with E-state index >= 15 is 0 Å². The molecule has 0 aromatic carbocycles. The van der Waals surface area contributed by atoms with Crippen LogP contribution in [0.5, 0.6) is 0 Å². The number of aromatic nitrogens is 6. The molecule has 8 nitrogen and oxygen atoms in total. The van der Waals surface area contributed by atoms with Crippen molar-refractivity contribution in [2.45, 2.75) is 31.6 Å². The van der Waals surface area contributed by atoms with Crippen LogP contribution in [0.25, 0.3) is 11.6 Å². The zero-order valence-corrected chi connectivity index (χ0v) is 18.1. The van der Waals surface area contributed by atoms with Gasteiger partial charge in [0.15, 0.2) is 11.6 Å². The van der Waals surface area contributed by atoms with E-state index in [1.807, 2.05) is 10.2 Å². The Labute approximate surface area is 187 Å². The maximum Gasteiger partial charge on any atom is 0.432 e. The standard InChI is InChI=1S/C17H12F6N6O2S2/c1-15(2,13-24-9(5-32-13)28-11(30)3-7(26-28)16(18,19)20)14-25-10(6-33-14)29-12(31)4-8(27-29)17(21,22)23/h3-6,26-27H,1-2H3. The molecule has 0 amide bonds. The molecule has 0 fully saturated rings. The van der Waals surface area contributed by atoms with Crippen molar-refractivity contribution < 1.29 is 26.3 Å². The molecular weight excluding hydrogens is 498 g/mol.